The highest BCUT2D eigenvalue weighted by Gasteiger charge is 2.52. The van der Waals surface area contributed by atoms with E-state index >= 15 is 0 Å². The molecule has 6 aromatic heterocycles. The minimum atomic E-state index is -0.432. The summed E-state index contributed by atoms with van der Waals surface area (Å²) in [5.41, 5.74) is 31.0. The van der Waals surface area contributed by atoms with Gasteiger partial charge in [-0.1, -0.05) is 413 Å². The molecule has 0 aliphatic carbocycles. The third kappa shape index (κ3) is 17.4. The van der Waals surface area contributed by atoms with Gasteiger partial charge in [0.25, 0.3) is 0 Å². The number of aromatic nitrogens is 6. The van der Waals surface area contributed by atoms with E-state index in [1.807, 2.05) is 120 Å². The molecular weight excluding hydrogens is 1840 g/mol. The molecule has 1 aliphatic heterocycles. The normalized spacial score (nSPS) is 12.7. The van der Waals surface area contributed by atoms with E-state index in [1.165, 1.54) is 79.3 Å². The lowest BCUT2D eigenvalue weighted by Crippen LogP contribution is -2.41. The maximum absolute atomic E-state index is 6.54. The number of furan rings is 2. The Balaban J connectivity index is 0.000000122. The van der Waals surface area contributed by atoms with Gasteiger partial charge >= 0.3 is 7.12 Å². The van der Waals surface area contributed by atoms with Gasteiger partial charge in [0.2, 0.25) is 5.28 Å². The molecule has 0 atom stereocenters. The first-order valence-corrected chi connectivity index (χ1v) is 51.0. The molecule has 14 heteroatoms. The predicted octanol–water partition coefficient (Wildman–Crippen LogP) is 35.9. The Bertz CT molecular complexity index is 9410. The Morgan fingerprint density at radius 1 is 0.199 bits per heavy atom. The van der Waals surface area contributed by atoms with Crippen LogP contribution in [0.4, 0.5) is 0 Å². The number of halogens is 1. The Labute approximate surface area is 858 Å². The summed E-state index contributed by atoms with van der Waals surface area (Å²) in [7, 11) is -0.432. The van der Waals surface area contributed by atoms with Gasteiger partial charge in [0, 0.05) is 89.7 Å². The minimum Gasteiger partial charge on any atom is -0.456 e. The lowest BCUT2D eigenvalue weighted by atomic mass is 9.76. The SMILES string of the molecule is CC1(C)OB(c2cc(-c3ccccc3)cc(-c3cccc4c3sc3c(-c5ccccc5)cccc34)c2)OC1(C)C.Clc1nc(-c2ccc(-c3ccccc3)cc2)nc(-c2cccc3oc4ccc(-c5ccccc5)cc4c23)n1.c1ccc(-c2ccc(-c3nc(-c4cc(-c5ccccc5)cc(-c5cccc6c5sc5c(-c7ccccc7)cccc56)c4)nc(-c4cccc5oc6ccc(-c7ccccc7)cc6c45)n3)cc2)cc1. The number of rotatable bonds is 16. The molecule has 1 saturated heterocycles. The topological polar surface area (TPSA) is 122 Å². The van der Waals surface area contributed by atoms with E-state index in [1.54, 1.807) is 0 Å². The molecule has 1 aliphatic rings. The summed E-state index contributed by atoms with van der Waals surface area (Å²) in [6.45, 7) is 8.43. The van der Waals surface area contributed by atoms with Crippen LogP contribution in [0.15, 0.2) is 482 Å². The van der Waals surface area contributed by atoms with Gasteiger partial charge in [-0.05, 0) is 217 Å². The molecular formula is C132H90BClN6O4S2. The molecule has 27 rings (SSSR count). The zero-order chi connectivity index (χ0) is 97.9. The van der Waals surface area contributed by atoms with Crippen LogP contribution in [0.25, 0.3) is 252 Å². The molecule has 0 saturated carbocycles. The van der Waals surface area contributed by atoms with Gasteiger partial charge in [0.1, 0.15) is 22.3 Å². The molecule has 20 aromatic carbocycles. The van der Waals surface area contributed by atoms with Crippen LogP contribution in [-0.2, 0) is 9.31 Å². The molecule has 0 N–H and O–H groups in total. The second-order valence-corrected chi connectivity index (χ2v) is 40.2. The summed E-state index contributed by atoms with van der Waals surface area (Å²) in [4.78, 5) is 29.9. The van der Waals surface area contributed by atoms with E-state index in [4.69, 9.17) is 49.7 Å². The highest BCUT2D eigenvalue weighted by molar-refractivity contribution is 7.27. The van der Waals surface area contributed by atoms with Crippen molar-refractivity contribution in [3.8, 4) is 168 Å². The third-order valence-electron chi connectivity index (χ3n) is 28.2. The Kier molecular flexibility index (Phi) is 23.6. The summed E-state index contributed by atoms with van der Waals surface area (Å²) in [5.74, 6) is 2.77. The van der Waals surface area contributed by atoms with Crippen molar-refractivity contribution in [2.75, 3.05) is 0 Å². The quantitative estimate of drug-likeness (QED) is 0.0864. The first kappa shape index (κ1) is 90.0. The molecule has 10 nitrogen and oxygen atoms in total. The Morgan fingerprint density at radius 3 is 0.849 bits per heavy atom. The van der Waals surface area contributed by atoms with E-state index in [-0.39, 0.29) is 5.28 Å². The number of nitrogens with zero attached hydrogens (tertiary/aromatic N) is 6. The van der Waals surface area contributed by atoms with E-state index in [9.17, 15) is 0 Å². The summed E-state index contributed by atoms with van der Waals surface area (Å²) < 4.78 is 30.9. The molecule has 694 valence electrons. The molecule has 7 heterocycles. The van der Waals surface area contributed by atoms with Gasteiger partial charge in [-0.2, -0.15) is 9.97 Å². The van der Waals surface area contributed by atoms with Crippen LogP contribution < -0.4 is 5.46 Å². The van der Waals surface area contributed by atoms with Gasteiger partial charge in [-0.15, -0.1) is 22.7 Å². The number of thiophene rings is 2. The molecule has 0 unspecified atom stereocenters. The zero-order valence-corrected chi connectivity index (χ0v) is 82.5. The van der Waals surface area contributed by atoms with Crippen molar-refractivity contribution in [3.63, 3.8) is 0 Å². The number of hydrogen-bond acceptors (Lipinski definition) is 12. The number of hydrogen-bond donors (Lipinski definition) is 0. The van der Waals surface area contributed by atoms with Crippen molar-refractivity contribution < 1.29 is 18.1 Å². The standard InChI is InChI=1S/C63H39N3OS.C36H31BO2S.C33H20ClN3O/c1-5-16-40(17-6-1)43-30-32-45(33-31-43)61-64-62(66-63(65-61)54-28-15-29-57-58(54)55-39-46(34-35-56(55)67-57)41-18-7-2-8-19-41)49-37-47(42-20-9-3-10-21-42)36-48(38-49)51-25-14-27-53-52-26-13-24-50(59(52)68-60(51)53)44-22-11-4-12-23-44;1-35(2)36(3,4)39-37(38-35)28-22-26(24-13-7-5-8-14-24)21-27(23-28)30-18-12-20-32-31-19-11-17-29(33(31)40-34(30)32)25-15-9-6-10-16-25;34-33-36-31(24-16-14-23(15-17-24)21-8-3-1-4-9-21)35-32(37-33)26-12-7-13-29-30(26)27-20-25(18-19-28(27)38-29)22-10-5-2-6-11-22/h1-39H;5-23H,1-4H3;1-20H. The maximum Gasteiger partial charge on any atom is 0.494 e. The number of benzene rings is 20. The van der Waals surface area contributed by atoms with Gasteiger partial charge < -0.3 is 18.1 Å². The van der Waals surface area contributed by atoms with Crippen LogP contribution >= 0.6 is 34.3 Å². The fourth-order valence-corrected chi connectivity index (χ4v) is 23.0. The van der Waals surface area contributed by atoms with Crippen LogP contribution in [0.5, 0.6) is 0 Å². The van der Waals surface area contributed by atoms with Crippen molar-refractivity contribution in [2.45, 2.75) is 38.9 Å². The molecule has 146 heavy (non-hydrogen) atoms. The molecule has 0 amide bonds. The molecule has 0 bridgehead atoms. The summed E-state index contributed by atoms with van der Waals surface area (Å²) in [6.07, 6.45) is 0. The lowest BCUT2D eigenvalue weighted by molar-refractivity contribution is 0.00578. The second kappa shape index (κ2) is 38.2. The molecule has 1 fully saturated rings. The monoisotopic (exact) mass is 1930 g/mol. The second-order valence-electron chi connectivity index (χ2n) is 37.8. The predicted molar refractivity (Wildman–Crippen MR) is 609 cm³/mol. The Morgan fingerprint density at radius 2 is 0.459 bits per heavy atom. The lowest BCUT2D eigenvalue weighted by Gasteiger charge is -2.32. The third-order valence-corrected chi connectivity index (χ3v) is 30.9. The highest BCUT2D eigenvalue weighted by atomic mass is 35.5. The van der Waals surface area contributed by atoms with Gasteiger partial charge in [-0.3, -0.25) is 0 Å². The molecule has 0 radical (unpaired) electrons. The average molecular weight is 1930 g/mol. The Hall–Kier alpha value is -17.3. The van der Waals surface area contributed by atoms with E-state index in [0.29, 0.717) is 29.1 Å². The van der Waals surface area contributed by atoms with Crippen LogP contribution in [0.3, 0.4) is 0 Å². The van der Waals surface area contributed by atoms with Gasteiger partial charge in [-0.25, -0.2) is 19.9 Å². The highest BCUT2D eigenvalue weighted by Crippen LogP contribution is 2.50. The van der Waals surface area contributed by atoms with E-state index in [0.717, 1.165) is 149 Å². The first-order valence-electron chi connectivity index (χ1n) is 49.0. The van der Waals surface area contributed by atoms with Crippen molar-refractivity contribution >= 4 is 131 Å². The minimum absolute atomic E-state index is 0.145. The summed E-state index contributed by atoms with van der Waals surface area (Å²) in [5, 5.41) is 9.16. The summed E-state index contributed by atoms with van der Waals surface area (Å²) in [6, 6.07) is 166. The fraction of sp³-hybridized carbons (Fsp3) is 0.0455. The van der Waals surface area contributed by atoms with E-state index < -0.39 is 18.3 Å². The average Bonchev–Trinajstić information content (AvgIpc) is 1.59. The zero-order valence-electron chi connectivity index (χ0n) is 80.1. The molecule has 0 spiro atoms. The van der Waals surface area contributed by atoms with Crippen LogP contribution in [0.2, 0.25) is 5.28 Å². The smallest absolute Gasteiger partial charge is 0.456 e. The largest absolute Gasteiger partial charge is 0.494 e. The van der Waals surface area contributed by atoms with E-state index in [2.05, 4.69) is 414 Å². The first-order chi connectivity index (χ1) is 71.7. The summed E-state index contributed by atoms with van der Waals surface area (Å²) >= 11 is 10.2. The maximum atomic E-state index is 6.54. The van der Waals surface area contributed by atoms with Gasteiger partial charge in [0.05, 0.1) is 11.2 Å². The van der Waals surface area contributed by atoms with Crippen LogP contribution in [0, 0.1) is 0 Å². The van der Waals surface area contributed by atoms with Crippen molar-refractivity contribution in [1.82, 2.24) is 29.9 Å². The fourth-order valence-electron chi connectivity index (χ4n) is 20.1. The van der Waals surface area contributed by atoms with Crippen LogP contribution in [0.1, 0.15) is 27.7 Å². The number of fused-ring (bicyclic) bond motifs is 12. The van der Waals surface area contributed by atoms with Crippen molar-refractivity contribution in [2.24, 2.45) is 0 Å². The van der Waals surface area contributed by atoms with Crippen molar-refractivity contribution in [1.29, 1.82) is 0 Å². The van der Waals surface area contributed by atoms with Crippen molar-refractivity contribution in [3.05, 3.63) is 478 Å². The van der Waals surface area contributed by atoms with Crippen LogP contribution in [-0.4, -0.2) is 48.2 Å². The molecule has 26 aromatic rings. The van der Waals surface area contributed by atoms with Gasteiger partial charge in [0.15, 0.2) is 29.1 Å².